The lowest BCUT2D eigenvalue weighted by Gasteiger charge is -2.37. The lowest BCUT2D eigenvalue weighted by Crippen LogP contribution is -2.37. The maximum atomic E-state index is 10.7. The van der Waals surface area contributed by atoms with Gasteiger partial charge in [-0.25, -0.2) is 0 Å². The van der Waals surface area contributed by atoms with Crippen LogP contribution >= 0.6 is 0 Å². The zero-order valence-corrected chi connectivity index (χ0v) is 9.83. The first-order valence-electron chi connectivity index (χ1n) is 5.69. The van der Waals surface area contributed by atoms with Crippen LogP contribution in [0.15, 0.2) is 24.3 Å². The maximum Gasteiger partial charge on any atom is 0.0927 e. The summed E-state index contributed by atoms with van der Waals surface area (Å²) in [6.45, 7) is 3.94. The number of hydrogen-bond acceptors (Lipinski definition) is 2. The fourth-order valence-corrected chi connectivity index (χ4v) is 2.73. The van der Waals surface area contributed by atoms with Gasteiger partial charge in [-0.15, -0.1) is 0 Å². The third-order valence-electron chi connectivity index (χ3n) is 4.09. The molecule has 0 saturated carbocycles. The summed E-state index contributed by atoms with van der Waals surface area (Å²) in [7, 11) is 0. The molecule has 2 heteroatoms. The molecular formula is C14H17NO. The first-order valence-corrected chi connectivity index (χ1v) is 5.69. The van der Waals surface area contributed by atoms with Gasteiger partial charge in [0.05, 0.1) is 11.7 Å². The second kappa shape index (κ2) is 3.61. The van der Waals surface area contributed by atoms with Gasteiger partial charge in [0.15, 0.2) is 0 Å². The predicted molar refractivity (Wildman–Crippen MR) is 62.7 cm³/mol. The number of nitrogens with zero attached hydrogens (tertiary/aromatic N) is 1. The van der Waals surface area contributed by atoms with E-state index in [9.17, 15) is 5.11 Å². The Kier molecular flexibility index (Phi) is 2.52. The Morgan fingerprint density at radius 2 is 2.06 bits per heavy atom. The largest absolute Gasteiger partial charge is 0.385 e. The first kappa shape index (κ1) is 11.2. The molecule has 84 valence electrons. The number of rotatable bonds is 2. The zero-order chi connectivity index (χ0) is 11.8. The van der Waals surface area contributed by atoms with Gasteiger partial charge < -0.3 is 5.11 Å². The van der Waals surface area contributed by atoms with E-state index in [0.717, 1.165) is 18.4 Å². The maximum absolute atomic E-state index is 10.7. The van der Waals surface area contributed by atoms with E-state index in [1.54, 1.807) is 0 Å². The molecule has 1 aliphatic rings. The Hall–Kier alpha value is -1.33. The van der Waals surface area contributed by atoms with E-state index in [2.05, 4.69) is 19.1 Å². The van der Waals surface area contributed by atoms with Gasteiger partial charge in [0.1, 0.15) is 0 Å². The molecule has 0 radical (unpaired) electrons. The van der Waals surface area contributed by atoms with Gasteiger partial charge >= 0.3 is 0 Å². The summed E-state index contributed by atoms with van der Waals surface area (Å²) in [6, 6.07) is 10.2. The highest BCUT2D eigenvalue weighted by atomic mass is 16.3. The first-order chi connectivity index (χ1) is 7.51. The van der Waals surface area contributed by atoms with Gasteiger partial charge in [-0.05, 0) is 30.9 Å². The molecular weight excluding hydrogens is 198 g/mol. The van der Waals surface area contributed by atoms with E-state index in [0.29, 0.717) is 6.42 Å². The van der Waals surface area contributed by atoms with Crippen LogP contribution < -0.4 is 0 Å². The highest BCUT2D eigenvalue weighted by molar-refractivity contribution is 5.40. The molecule has 1 aromatic carbocycles. The quantitative estimate of drug-likeness (QED) is 0.824. The van der Waals surface area contributed by atoms with Crippen molar-refractivity contribution >= 4 is 0 Å². The Bertz CT molecular complexity index is 444. The third kappa shape index (κ3) is 1.44. The standard InChI is InChI=1S/C14H17NO/c1-13(8-5-9-15)10-11-6-3-4-7-12(11)14(13,2)16/h3-4,6-7,16H,5,8,10H2,1-2H3. The van der Waals surface area contributed by atoms with Crippen molar-refractivity contribution in [2.75, 3.05) is 0 Å². The molecule has 0 bridgehead atoms. The molecule has 0 amide bonds. The van der Waals surface area contributed by atoms with E-state index in [-0.39, 0.29) is 5.41 Å². The van der Waals surface area contributed by atoms with Crippen LogP contribution in [0.2, 0.25) is 0 Å². The molecule has 2 unspecified atom stereocenters. The van der Waals surface area contributed by atoms with Crippen molar-refractivity contribution in [2.45, 2.75) is 38.7 Å². The van der Waals surface area contributed by atoms with Gasteiger partial charge in [0.25, 0.3) is 0 Å². The van der Waals surface area contributed by atoms with Gasteiger partial charge in [0, 0.05) is 11.8 Å². The Labute approximate surface area is 96.5 Å². The Balaban J connectivity index is 2.39. The van der Waals surface area contributed by atoms with Crippen LogP contribution in [0.3, 0.4) is 0 Å². The van der Waals surface area contributed by atoms with Crippen LogP contribution in [0.5, 0.6) is 0 Å². The zero-order valence-electron chi connectivity index (χ0n) is 9.83. The van der Waals surface area contributed by atoms with Crippen LogP contribution in [-0.4, -0.2) is 5.11 Å². The predicted octanol–water partition coefficient (Wildman–Crippen LogP) is 2.76. The van der Waals surface area contributed by atoms with Crippen molar-refractivity contribution in [2.24, 2.45) is 5.41 Å². The van der Waals surface area contributed by atoms with Gasteiger partial charge in [0.2, 0.25) is 0 Å². The summed E-state index contributed by atoms with van der Waals surface area (Å²) < 4.78 is 0. The van der Waals surface area contributed by atoms with Gasteiger partial charge in [-0.1, -0.05) is 31.2 Å². The summed E-state index contributed by atoms with van der Waals surface area (Å²) in [5.41, 5.74) is 1.20. The fraction of sp³-hybridized carbons (Fsp3) is 0.500. The number of nitriles is 1. The molecule has 1 aromatic rings. The average Bonchev–Trinajstić information content (AvgIpc) is 2.45. The molecule has 2 atom stereocenters. The van der Waals surface area contributed by atoms with E-state index in [4.69, 9.17) is 5.26 Å². The molecule has 2 rings (SSSR count). The molecule has 1 aliphatic carbocycles. The van der Waals surface area contributed by atoms with E-state index < -0.39 is 5.60 Å². The normalized spacial score (nSPS) is 32.1. The molecule has 0 aromatic heterocycles. The molecule has 0 spiro atoms. The van der Waals surface area contributed by atoms with Crippen molar-refractivity contribution in [3.63, 3.8) is 0 Å². The molecule has 2 nitrogen and oxygen atoms in total. The van der Waals surface area contributed by atoms with Crippen LogP contribution in [-0.2, 0) is 12.0 Å². The third-order valence-corrected chi connectivity index (χ3v) is 4.09. The molecule has 1 N–H and O–H groups in total. The molecule has 16 heavy (non-hydrogen) atoms. The van der Waals surface area contributed by atoms with E-state index >= 15 is 0 Å². The summed E-state index contributed by atoms with van der Waals surface area (Å²) in [6.07, 6.45) is 2.10. The van der Waals surface area contributed by atoms with Gasteiger partial charge in [-0.3, -0.25) is 0 Å². The lowest BCUT2D eigenvalue weighted by molar-refractivity contribution is -0.0565. The van der Waals surface area contributed by atoms with Crippen LogP contribution in [0, 0.1) is 16.7 Å². The summed E-state index contributed by atoms with van der Waals surface area (Å²) in [5, 5.41) is 19.4. The highest BCUT2D eigenvalue weighted by Crippen LogP contribution is 2.52. The van der Waals surface area contributed by atoms with Crippen molar-refractivity contribution in [1.29, 1.82) is 5.26 Å². The SMILES string of the molecule is CC1(CCC#N)Cc2ccccc2C1(C)O. The van der Waals surface area contributed by atoms with E-state index in [1.165, 1.54) is 5.56 Å². The number of benzene rings is 1. The number of hydrogen-bond donors (Lipinski definition) is 1. The Morgan fingerprint density at radius 1 is 1.38 bits per heavy atom. The second-order valence-electron chi connectivity index (χ2n) is 5.12. The smallest absolute Gasteiger partial charge is 0.0927 e. The van der Waals surface area contributed by atoms with Crippen LogP contribution in [0.1, 0.15) is 37.8 Å². The minimum Gasteiger partial charge on any atom is -0.385 e. The fourth-order valence-electron chi connectivity index (χ4n) is 2.73. The van der Waals surface area contributed by atoms with Crippen LogP contribution in [0.25, 0.3) is 0 Å². The summed E-state index contributed by atoms with van der Waals surface area (Å²) in [4.78, 5) is 0. The van der Waals surface area contributed by atoms with E-state index in [1.807, 2.05) is 25.1 Å². The number of fused-ring (bicyclic) bond motifs is 1. The Morgan fingerprint density at radius 3 is 2.69 bits per heavy atom. The monoisotopic (exact) mass is 215 g/mol. The van der Waals surface area contributed by atoms with Crippen molar-refractivity contribution in [1.82, 2.24) is 0 Å². The highest BCUT2D eigenvalue weighted by Gasteiger charge is 2.50. The topological polar surface area (TPSA) is 44.0 Å². The summed E-state index contributed by atoms with van der Waals surface area (Å²) >= 11 is 0. The minimum atomic E-state index is -0.819. The summed E-state index contributed by atoms with van der Waals surface area (Å²) in [5.74, 6) is 0. The van der Waals surface area contributed by atoms with Crippen LogP contribution in [0.4, 0.5) is 0 Å². The molecule has 0 fully saturated rings. The number of aliphatic hydroxyl groups is 1. The molecule has 0 heterocycles. The second-order valence-corrected chi connectivity index (χ2v) is 5.12. The minimum absolute atomic E-state index is 0.216. The van der Waals surface area contributed by atoms with Crippen molar-refractivity contribution in [3.05, 3.63) is 35.4 Å². The van der Waals surface area contributed by atoms with Crippen molar-refractivity contribution in [3.8, 4) is 6.07 Å². The van der Waals surface area contributed by atoms with Gasteiger partial charge in [-0.2, -0.15) is 5.26 Å². The average molecular weight is 215 g/mol. The lowest BCUT2D eigenvalue weighted by atomic mass is 9.72. The molecule has 0 saturated heterocycles. The van der Waals surface area contributed by atoms with Crippen molar-refractivity contribution < 1.29 is 5.11 Å². The molecule has 0 aliphatic heterocycles.